The van der Waals surface area contributed by atoms with Crippen molar-refractivity contribution in [2.75, 3.05) is 0 Å². The molecule has 0 N–H and O–H groups in total. The average Bonchev–Trinajstić information content (AvgIpc) is 2.61. The molecule has 0 aliphatic heterocycles. The maximum absolute atomic E-state index is 2.33. The van der Waals surface area contributed by atoms with Crippen LogP contribution in [0.25, 0.3) is 11.1 Å². The lowest BCUT2D eigenvalue weighted by atomic mass is 10.1. The van der Waals surface area contributed by atoms with Crippen molar-refractivity contribution in [3.05, 3.63) is 48.3 Å². The highest BCUT2D eigenvalue weighted by Crippen LogP contribution is 2.26. The summed E-state index contributed by atoms with van der Waals surface area (Å²) in [6.07, 6.45) is 2.24. The zero-order valence-corrected chi connectivity index (χ0v) is 10.5. The van der Waals surface area contributed by atoms with E-state index in [9.17, 15) is 0 Å². The summed E-state index contributed by atoms with van der Waals surface area (Å²) in [5.41, 5.74) is 4.05. The molecule has 2 rings (SSSR count). The fraction of sp³-hybridized carbons (Fsp3) is 0.333. The van der Waals surface area contributed by atoms with Crippen LogP contribution < -0.4 is 0 Å². The number of aromatic nitrogens is 1. The molecule has 16 heavy (non-hydrogen) atoms. The van der Waals surface area contributed by atoms with Crippen molar-refractivity contribution >= 4 is 0 Å². The molecule has 0 unspecified atom stereocenters. The third-order valence-electron chi connectivity index (χ3n) is 2.84. The number of nitrogens with zero attached hydrogens (tertiary/aromatic N) is 1. The molecule has 0 aliphatic rings. The van der Waals surface area contributed by atoms with Crippen molar-refractivity contribution < 1.29 is 0 Å². The van der Waals surface area contributed by atoms with Crippen molar-refractivity contribution in [3.63, 3.8) is 0 Å². The topological polar surface area (TPSA) is 4.93 Å². The van der Waals surface area contributed by atoms with Gasteiger partial charge in [-0.15, -0.1) is 0 Å². The van der Waals surface area contributed by atoms with E-state index < -0.39 is 0 Å². The molecule has 0 fully saturated rings. The SMILES string of the molecule is Cc1cc(-c2ccccc2)cn1C(C)(C)C. The van der Waals surface area contributed by atoms with Gasteiger partial charge < -0.3 is 4.57 Å². The van der Waals surface area contributed by atoms with Crippen LogP contribution >= 0.6 is 0 Å². The summed E-state index contributed by atoms with van der Waals surface area (Å²) < 4.78 is 2.33. The lowest BCUT2D eigenvalue weighted by Gasteiger charge is -2.23. The van der Waals surface area contributed by atoms with Gasteiger partial charge in [-0.05, 0) is 44.9 Å². The maximum atomic E-state index is 2.33. The number of hydrogen-bond acceptors (Lipinski definition) is 0. The molecule has 1 aromatic heterocycles. The second kappa shape index (κ2) is 3.82. The van der Waals surface area contributed by atoms with Crippen molar-refractivity contribution in [3.8, 4) is 11.1 Å². The van der Waals surface area contributed by atoms with Gasteiger partial charge in [0.15, 0.2) is 0 Å². The van der Waals surface area contributed by atoms with Gasteiger partial charge in [-0.1, -0.05) is 30.3 Å². The van der Waals surface area contributed by atoms with Gasteiger partial charge >= 0.3 is 0 Å². The summed E-state index contributed by atoms with van der Waals surface area (Å²) in [6, 6.07) is 12.8. The number of hydrogen-bond donors (Lipinski definition) is 0. The van der Waals surface area contributed by atoms with Crippen LogP contribution in [-0.4, -0.2) is 4.57 Å². The van der Waals surface area contributed by atoms with Crippen LogP contribution in [-0.2, 0) is 5.54 Å². The average molecular weight is 213 g/mol. The third-order valence-corrected chi connectivity index (χ3v) is 2.84. The minimum atomic E-state index is 0.150. The molecule has 2 aromatic rings. The third kappa shape index (κ3) is 2.04. The Labute approximate surface area is 97.7 Å². The predicted octanol–water partition coefficient (Wildman–Crippen LogP) is 4.22. The van der Waals surface area contributed by atoms with E-state index in [0.717, 1.165) is 0 Å². The molecule has 0 spiro atoms. The van der Waals surface area contributed by atoms with Gasteiger partial charge in [-0.3, -0.25) is 0 Å². The van der Waals surface area contributed by atoms with Crippen LogP contribution in [0.15, 0.2) is 42.6 Å². The van der Waals surface area contributed by atoms with E-state index in [1.807, 2.05) is 0 Å². The quantitative estimate of drug-likeness (QED) is 0.668. The van der Waals surface area contributed by atoms with Gasteiger partial charge in [0, 0.05) is 17.4 Å². The Hall–Kier alpha value is -1.50. The van der Waals surface area contributed by atoms with Gasteiger partial charge in [0.25, 0.3) is 0 Å². The summed E-state index contributed by atoms with van der Waals surface area (Å²) in [7, 11) is 0. The van der Waals surface area contributed by atoms with E-state index in [4.69, 9.17) is 0 Å². The first-order valence-corrected chi connectivity index (χ1v) is 5.73. The molecule has 1 heterocycles. The second-order valence-electron chi connectivity index (χ2n) is 5.28. The van der Waals surface area contributed by atoms with Gasteiger partial charge in [0.1, 0.15) is 0 Å². The lowest BCUT2D eigenvalue weighted by molar-refractivity contribution is 0.391. The van der Waals surface area contributed by atoms with Crippen LogP contribution in [0, 0.1) is 6.92 Å². The van der Waals surface area contributed by atoms with E-state index in [0.29, 0.717) is 0 Å². The molecule has 0 radical (unpaired) electrons. The molecule has 0 saturated carbocycles. The van der Waals surface area contributed by atoms with Crippen molar-refractivity contribution in [1.29, 1.82) is 0 Å². The van der Waals surface area contributed by atoms with Gasteiger partial charge in [0.2, 0.25) is 0 Å². The Bertz CT molecular complexity index is 472. The zero-order chi connectivity index (χ0) is 11.8. The summed E-state index contributed by atoms with van der Waals surface area (Å²) in [5, 5.41) is 0. The maximum Gasteiger partial charge on any atom is 0.0358 e. The van der Waals surface area contributed by atoms with Crippen molar-refractivity contribution in [1.82, 2.24) is 4.57 Å². The summed E-state index contributed by atoms with van der Waals surface area (Å²) in [4.78, 5) is 0. The molecule has 84 valence electrons. The van der Waals surface area contributed by atoms with Gasteiger partial charge in [-0.25, -0.2) is 0 Å². The Balaban J connectivity index is 2.47. The van der Waals surface area contributed by atoms with Crippen LogP contribution in [0.5, 0.6) is 0 Å². The van der Waals surface area contributed by atoms with Gasteiger partial charge in [-0.2, -0.15) is 0 Å². The minimum Gasteiger partial charge on any atom is -0.346 e. The van der Waals surface area contributed by atoms with Crippen LogP contribution in [0.2, 0.25) is 0 Å². The fourth-order valence-electron chi connectivity index (χ4n) is 2.08. The van der Waals surface area contributed by atoms with E-state index in [-0.39, 0.29) is 5.54 Å². The van der Waals surface area contributed by atoms with Crippen LogP contribution in [0.1, 0.15) is 26.5 Å². The smallest absolute Gasteiger partial charge is 0.0358 e. The highest BCUT2D eigenvalue weighted by molar-refractivity contribution is 5.63. The van der Waals surface area contributed by atoms with E-state index in [2.05, 4.69) is 74.9 Å². The molecular weight excluding hydrogens is 194 g/mol. The van der Waals surface area contributed by atoms with Crippen molar-refractivity contribution in [2.24, 2.45) is 0 Å². The summed E-state index contributed by atoms with van der Waals surface area (Å²) >= 11 is 0. The largest absolute Gasteiger partial charge is 0.346 e. The standard InChI is InChI=1S/C15H19N/c1-12-10-14(11-16(12)15(2,3)4)13-8-6-5-7-9-13/h5-11H,1-4H3. The Morgan fingerprint density at radius 2 is 1.56 bits per heavy atom. The Kier molecular flexibility index (Phi) is 2.63. The Morgan fingerprint density at radius 3 is 2.06 bits per heavy atom. The first-order valence-electron chi connectivity index (χ1n) is 5.73. The summed E-state index contributed by atoms with van der Waals surface area (Å²) in [5.74, 6) is 0. The zero-order valence-electron chi connectivity index (χ0n) is 10.5. The number of rotatable bonds is 1. The second-order valence-corrected chi connectivity index (χ2v) is 5.28. The molecule has 1 nitrogen and oxygen atoms in total. The lowest BCUT2D eigenvalue weighted by Crippen LogP contribution is -2.21. The molecule has 0 saturated heterocycles. The van der Waals surface area contributed by atoms with Crippen LogP contribution in [0.3, 0.4) is 0 Å². The molecule has 0 atom stereocenters. The predicted molar refractivity (Wildman–Crippen MR) is 69.6 cm³/mol. The molecule has 1 aromatic carbocycles. The normalized spacial score (nSPS) is 11.8. The fourth-order valence-corrected chi connectivity index (χ4v) is 2.08. The molecule has 0 amide bonds. The van der Waals surface area contributed by atoms with Crippen LogP contribution in [0.4, 0.5) is 0 Å². The van der Waals surface area contributed by atoms with E-state index >= 15 is 0 Å². The first-order chi connectivity index (χ1) is 7.48. The first kappa shape index (κ1) is 11.0. The molecule has 0 bridgehead atoms. The number of aryl methyl sites for hydroxylation is 1. The monoisotopic (exact) mass is 213 g/mol. The van der Waals surface area contributed by atoms with E-state index in [1.54, 1.807) is 0 Å². The highest BCUT2D eigenvalue weighted by atomic mass is 15.0. The highest BCUT2D eigenvalue weighted by Gasteiger charge is 2.15. The van der Waals surface area contributed by atoms with E-state index in [1.165, 1.54) is 16.8 Å². The van der Waals surface area contributed by atoms with Gasteiger partial charge in [0.05, 0.1) is 0 Å². The number of benzene rings is 1. The van der Waals surface area contributed by atoms with Crippen molar-refractivity contribution in [2.45, 2.75) is 33.2 Å². The molecule has 0 aliphatic carbocycles. The summed E-state index contributed by atoms with van der Waals surface area (Å²) in [6.45, 7) is 8.86. The minimum absolute atomic E-state index is 0.150. The molecule has 1 heteroatoms. The Morgan fingerprint density at radius 1 is 0.938 bits per heavy atom. The molecular formula is C15H19N.